The zero-order valence-corrected chi connectivity index (χ0v) is 16.3. The fraction of sp³-hybridized carbons (Fsp3) is 0.286. The van der Waals surface area contributed by atoms with Crippen LogP contribution in [0.4, 0.5) is 0 Å². The Morgan fingerprint density at radius 3 is 2.76 bits per heavy atom. The first kappa shape index (κ1) is 20.2. The summed E-state index contributed by atoms with van der Waals surface area (Å²) < 4.78 is 9.25. The fourth-order valence-corrected chi connectivity index (χ4v) is 3.11. The predicted molar refractivity (Wildman–Crippen MR) is 112 cm³/mol. The van der Waals surface area contributed by atoms with Crippen LogP contribution in [0.3, 0.4) is 0 Å². The van der Waals surface area contributed by atoms with Gasteiger partial charge in [-0.2, -0.15) is 0 Å². The van der Waals surface area contributed by atoms with E-state index in [1.165, 1.54) is 4.57 Å². The van der Waals surface area contributed by atoms with Crippen LogP contribution in [-0.2, 0) is 20.1 Å². The number of methoxy groups -OCH3 is 1. The van der Waals surface area contributed by atoms with Gasteiger partial charge in [0.25, 0.3) is 5.56 Å². The number of rotatable bonds is 7. The minimum Gasteiger partial charge on any atom is -0.497 e. The van der Waals surface area contributed by atoms with Crippen LogP contribution in [0.5, 0.6) is 5.75 Å². The number of hydrogen-bond donors (Lipinski definition) is 1. The number of aliphatic hydroxyl groups excluding tert-OH is 1. The fourth-order valence-electron chi connectivity index (χ4n) is 3.11. The van der Waals surface area contributed by atoms with E-state index in [9.17, 15) is 9.59 Å². The topological polar surface area (TPSA) is 91.3 Å². The molecule has 0 fully saturated rings. The number of nitrogens with zero attached hydrogens (tertiary/aromatic N) is 4. The van der Waals surface area contributed by atoms with Crippen molar-refractivity contribution >= 4 is 23.3 Å². The summed E-state index contributed by atoms with van der Waals surface area (Å²) in [6, 6.07) is 7.51. The lowest BCUT2D eigenvalue weighted by Crippen LogP contribution is -2.40. The third-order valence-electron chi connectivity index (χ3n) is 4.58. The Hall–Kier alpha value is -3.57. The van der Waals surface area contributed by atoms with E-state index in [1.807, 2.05) is 30.3 Å². The number of aryl methyl sites for hydroxylation is 2. The van der Waals surface area contributed by atoms with Gasteiger partial charge in [-0.25, -0.2) is 14.3 Å². The molecule has 1 aromatic carbocycles. The van der Waals surface area contributed by atoms with Gasteiger partial charge in [-0.1, -0.05) is 24.1 Å². The predicted octanol–water partition coefficient (Wildman–Crippen LogP) is 1.09. The van der Waals surface area contributed by atoms with Crippen molar-refractivity contribution in [3.63, 3.8) is 0 Å². The molecule has 1 N–H and O–H groups in total. The zero-order chi connectivity index (χ0) is 21.0. The monoisotopic (exact) mass is 394 g/mol. The van der Waals surface area contributed by atoms with Gasteiger partial charge in [-0.05, 0) is 30.2 Å². The molecule has 0 unspecified atom stereocenters. The number of aliphatic hydroxyl groups is 1. The van der Waals surface area contributed by atoms with Gasteiger partial charge in [0.2, 0.25) is 0 Å². The number of hydrogen-bond acceptors (Lipinski definition) is 5. The van der Waals surface area contributed by atoms with E-state index < -0.39 is 11.2 Å². The average molecular weight is 394 g/mol. The summed E-state index contributed by atoms with van der Waals surface area (Å²) in [5.41, 5.74) is 0.436. The molecule has 3 rings (SSSR count). The molecule has 3 aromatic rings. The van der Waals surface area contributed by atoms with Gasteiger partial charge >= 0.3 is 5.69 Å². The summed E-state index contributed by atoms with van der Waals surface area (Å²) in [6.07, 6.45) is 9.30. The van der Waals surface area contributed by atoms with E-state index in [4.69, 9.17) is 16.3 Å². The van der Waals surface area contributed by atoms with Crippen molar-refractivity contribution in [2.75, 3.05) is 13.7 Å². The Morgan fingerprint density at radius 2 is 2.07 bits per heavy atom. The number of ether oxygens (including phenoxy) is 1. The largest absolute Gasteiger partial charge is 0.497 e. The molecule has 8 heteroatoms. The molecule has 0 amide bonds. The summed E-state index contributed by atoms with van der Waals surface area (Å²) in [4.78, 5) is 30.1. The Bertz CT molecular complexity index is 1220. The van der Waals surface area contributed by atoms with Crippen LogP contribution in [0.25, 0.3) is 23.3 Å². The average Bonchev–Trinajstić information content (AvgIpc) is 3.06. The highest BCUT2D eigenvalue weighted by atomic mass is 16.5. The summed E-state index contributed by atoms with van der Waals surface area (Å²) in [5.74, 6) is 3.58. The van der Waals surface area contributed by atoms with Crippen molar-refractivity contribution < 1.29 is 9.84 Å². The van der Waals surface area contributed by atoms with Gasteiger partial charge in [-0.15, -0.1) is 6.42 Å². The lowest BCUT2D eigenvalue weighted by molar-refractivity contribution is 0.279. The van der Waals surface area contributed by atoms with Gasteiger partial charge in [-0.3, -0.25) is 9.36 Å². The second-order valence-corrected chi connectivity index (χ2v) is 6.42. The molecule has 0 bridgehead atoms. The molecule has 2 aromatic heterocycles. The highest BCUT2D eigenvalue weighted by molar-refractivity contribution is 5.76. The molecule has 0 atom stereocenters. The second-order valence-electron chi connectivity index (χ2n) is 6.42. The number of benzene rings is 1. The second kappa shape index (κ2) is 8.63. The highest BCUT2D eigenvalue weighted by Crippen LogP contribution is 2.17. The highest BCUT2D eigenvalue weighted by Gasteiger charge is 2.18. The van der Waals surface area contributed by atoms with Crippen molar-refractivity contribution in [1.29, 1.82) is 0 Å². The van der Waals surface area contributed by atoms with Crippen LogP contribution >= 0.6 is 0 Å². The van der Waals surface area contributed by atoms with Crippen LogP contribution < -0.4 is 16.0 Å². The first-order chi connectivity index (χ1) is 14.0. The van der Waals surface area contributed by atoms with E-state index in [0.717, 1.165) is 15.9 Å². The summed E-state index contributed by atoms with van der Waals surface area (Å²) in [5, 5.41) is 9.17. The maximum Gasteiger partial charge on any atom is 0.333 e. The van der Waals surface area contributed by atoms with Gasteiger partial charge in [0, 0.05) is 20.2 Å². The molecule has 0 aliphatic heterocycles. The smallest absolute Gasteiger partial charge is 0.333 e. The molecule has 2 heterocycles. The summed E-state index contributed by atoms with van der Waals surface area (Å²) >= 11 is 0. The van der Waals surface area contributed by atoms with Crippen molar-refractivity contribution in [1.82, 2.24) is 18.7 Å². The molecule has 0 aliphatic rings. The van der Waals surface area contributed by atoms with E-state index in [0.29, 0.717) is 12.2 Å². The van der Waals surface area contributed by atoms with Gasteiger partial charge < -0.3 is 14.4 Å². The number of aromatic nitrogens is 4. The minimum absolute atomic E-state index is 0.0857. The molecule has 0 aliphatic carbocycles. The summed E-state index contributed by atoms with van der Waals surface area (Å²) in [7, 11) is 3.31. The standard InChI is InChI=1S/C21H22N4O4/c1-4-11-25-20(27)18-19(24(21(25)28)12-6-13-26)22-17(23(18)2)10-9-15-7-5-8-16(14-15)29-3/h1,5,7-10,14,26H,6,11-13H2,2-3H3/b10-9-. The normalized spacial score (nSPS) is 11.2. The van der Waals surface area contributed by atoms with Crippen LogP contribution in [0.1, 0.15) is 17.8 Å². The number of imidazole rings is 1. The van der Waals surface area contributed by atoms with Crippen molar-refractivity contribution in [2.24, 2.45) is 7.05 Å². The quantitative estimate of drug-likeness (QED) is 0.606. The van der Waals surface area contributed by atoms with Gasteiger partial charge in [0.05, 0.1) is 13.7 Å². The molecule has 0 saturated heterocycles. The molecular formula is C21H22N4O4. The molecule has 150 valence electrons. The van der Waals surface area contributed by atoms with E-state index in [-0.39, 0.29) is 30.9 Å². The van der Waals surface area contributed by atoms with Crippen molar-refractivity contribution in [3.8, 4) is 18.1 Å². The van der Waals surface area contributed by atoms with E-state index in [1.54, 1.807) is 24.8 Å². The Labute approximate surface area is 167 Å². The molecule has 8 nitrogen and oxygen atoms in total. The Kier molecular flexibility index (Phi) is 6.00. The maximum absolute atomic E-state index is 12.9. The van der Waals surface area contributed by atoms with Crippen LogP contribution in [0, 0.1) is 12.3 Å². The first-order valence-corrected chi connectivity index (χ1v) is 9.08. The van der Waals surface area contributed by atoms with E-state index in [2.05, 4.69) is 10.9 Å². The van der Waals surface area contributed by atoms with Gasteiger partial charge in [0.1, 0.15) is 11.6 Å². The third-order valence-corrected chi connectivity index (χ3v) is 4.58. The molecule has 29 heavy (non-hydrogen) atoms. The molecule has 0 radical (unpaired) electrons. The van der Waals surface area contributed by atoms with Gasteiger partial charge in [0.15, 0.2) is 11.2 Å². The Morgan fingerprint density at radius 1 is 1.28 bits per heavy atom. The molecule has 0 saturated carbocycles. The third kappa shape index (κ3) is 3.86. The SMILES string of the molecule is C#CCn1c(=O)c2c(nc(/C=C\c3cccc(OC)c3)n2C)n(CCCO)c1=O. The molecular weight excluding hydrogens is 372 g/mol. The summed E-state index contributed by atoms with van der Waals surface area (Å²) in [6.45, 7) is 0.0112. The van der Waals surface area contributed by atoms with Crippen molar-refractivity contribution in [3.05, 3.63) is 56.5 Å². The van der Waals surface area contributed by atoms with Crippen LogP contribution in [0.15, 0.2) is 33.9 Å². The van der Waals surface area contributed by atoms with Crippen LogP contribution in [0.2, 0.25) is 0 Å². The zero-order valence-electron chi connectivity index (χ0n) is 16.3. The molecule has 0 spiro atoms. The first-order valence-electron chi connectivity index (χ1n) is 9.08. The lowest BCUT2D eigenvalue weighted by Gasteiger charge is -2.09. The van der Waals surface area contributed by atoms with Crippen molar-refractivity contribution in [2.45, 2.75) is 19.5 Å². The minimum atomic E-state index is -0.532. The van der Waals surface area contributed by atoms with E-state index >= 15 is 0 Å². The number of terminal acetylenes is 1. The Balaban J connectivity index is 2.18. The maximum atomic E-state index is 12.9. The van der Waals surface area contributed by atoms with Crippen LogP contribution in [-0.4, -0.2) is 37.5 Å². The number of fused-ring (bicyclic) bond motifs is 1. The lowest BCUT2D eigenvalue weighted by atomic mass is 10.2.